The van der Waals surface area contributed by atoms with Crippen LogP contribution in [0.15, 0.2) is 16.9 Å². The number of ether oxygens (including phenoxy) is 1. The van der Waals surface area contributed by atoms with Crippen LogP contribution in [-0.2, 0) is 22.3 Å². The zero-order valence-corrected chi connectivity index (χ0v) is 16.7. The standard InChI is InChI=1S/C19H27F3N4O3/c1-13-9-25(10-14(2)29-13)18(28)12-24-7-5-15(6-8-24)11-26-17(27)4-3-16(23-26)19(20,21)22/h3-4,13-15H,5-12H2,1-2H3. The number of halogens is 3. The van der Waals surface area contributed by atoms with E-state index >= 15 is 0 Å². The van der Waals surface area contributed by atoms with Gasteiger partial charge in [0.2, 0.25) is 5.91 Å². The monoisotopic (exact) mass is 416 g/mol. The quantitative estimate of drug-likeness (QED) is 0.746. The Morgan fingerprint density at radius 2 is 1.79 bits per heavy atom. The molecular weight excluding hydrogens is 389 g/mol. The summed E-state index contributed by atoms with van der Waals surface area (Å²) in [6.45, 7) is 6.89. The Kier molecular flexibility index (Phi) is 6.62. The number of likely N-dealkylation sites (tertiary alicyclic amines) is 1. The van der Waals surface area contributed by atoms with E-state index in [1.165, 1.54) is 0 Å². The van der Waals surface area contributed by atoms with Crippen LogP contribution >= 0.6 is 0 Å². The molecular formula is C19H27F3N4O3. The minimum absolute atomic E-state index is 0.0201. The van der Waals surface area contributed by atoms with Gasteiger partial charge in [0.1, 0.15) is 0 Å². The third-order valence-corrected chi connectivity index (χ3v) is 5.43. The summed E-state index contributed by atoms with van der Waals surface area (Å²) < 4.78 is 45.0. The number of carbonyl (C=O) groups excluding carboxylic acids is 1. The number of morpholine rings is 1. The molecule has 0 aliphatic carbocycles. The van der Waals surface area contributed by atoms with Gasteiger partial charge in [-0.25, -0.2) is 4.68 Å². The highest BCUT2D eigenvalue weighted by atomic mass is 19.4. The normalized spacial score (nSPS) is 24.7. The van der Waals surface area contributed by atoms with Crippen molar-refractivity contribution in [3.63, 3.8) is 0 Å². The summed E-state index contributed by atoms with van der Waals surface area (Å²) in [7, 11) is 0. The molecule has 2 unspecified atom stereocenters. The number of amides is 1. The van der Waals surface area contributed by atoms with Gasteiger partial charge in [-0.15, -0.1) is 0 Å². The van der Waals surface area contributed by atoms with Crippen LogP contribution in [0.5, 0.6) is 0 Å². The van der Waals surface area contributed by atoms with Gasteiger partial charge in [-0.2, -0.15) is 18.3 Å². The fourth-order valence-electron chi connectivity index (χ4n) is 3.98. The molecule has 2 atom stereocenters. The first-order valence-electron chi connectivity index (χ1n) is 9.92. The molecule has 162 valence electrons. The second-order valence-corrected chi connectivity index (χ2v) is 8.01. The van der Waals surface area contributed by atoms with Crippen LogP contribution in [0.4, 0.5) is 13.2 Å². The first kappa shape index (κ1) is 21.8. The number of nitrogens with zero attached hydrogens (tertiary/aromatic N) is 4. The minimum Gasteiger partial charge on any atom is -0.372 e. The number of alkyl halides is 3. The summed E-state index contributed by atoms with van der Waals surface area (Å²) in [5, 5.41) is 3.47. The van der Waals surface area contributed by atoms with Gasteiger partial charge in [0.25, 0.3) is 5.56 Å². The van der Waals surface area contributed by atoms with E-state index < -0.39 is 17.4 Å². The fraction of sp³-hybridized carbons (Fsp3) is 0.737. The van der Waals surface area contributed by atoms with Crippen molar-refractivity contribution in [3.8, 4) is 0 Å². The Morgan fingerprint density at radius 1 is 1.17 bits per heavy atom. The van der Waals surface area contributed by atoms with Crippen LogP contribution in [-0.4, -0.2) is 70.4 Å². The number of piperidine rings is 1. The molecule has 0 bridgehead atoms. The van der Waals surface area contributed by atoms with Crippen molar-refractivity contribution in [1.29, 1.82) is 0 Å². The fourth-order valence-corrected chi connectivity index (χ4v) is 3.98. The highest BCUT2D eigenvalue weighted by Crippen LogP contribution is 2.26. The number of hydrogen-bond donors (Lipinski definition) is 0. The molecule has 2 aliphatic rings. The summed E-state index contributed by atoms with van der Waals surface area (Å²) in [5.41, 5.74) is -1.60. The van der Waals surface area contributed by atoms with Crippen molar-refractivity contribution in [2.45, 2.75) is 51.6 Å². The third-order valence-electron chi connectivity index (χ3n) is 5.43. The molecule has 0 aromatic carbocycles. The lowest BCUT2D eigenvalue weighted by molar-refractivity contribution is -0.144. The Balaban J connectivity index is 1.51. The lowest BCUT2D eigenvalue weighted by Crippen LogP contribution is -2.51. The van der Waals surface area contributed by atoms with Gasteiger partial charge in [0.15, 0.2) is 5.69 Å². The Labute approximate surface area is 167 Å². The SMILES string of the molecule is CC1CN(C(=O)CN2CCC(Cn3nc(C(F)(F)F)ccc3=O)CC2)CC(C)O1. The molecule has 1 aromatic rings. The maximum absolute atomic E-state index is 12.8. The van der Waals surface area contributed by atoms with Gasteiger partial charge < -0.3 is 9.64 Å². The molecule has 2 aliphatic heterocycles. The molecule has 0 spiro atoms. The first-order chi connectivity index (χ1) is 13.6. The average Bonchev–Trinajstić information content (AvgIpc) is 2.63. The van der Waals surface area contributed by atoms with Crippen LogP contribution in [0, 0.1) is 5.92 Å². The molecule has 29 heavy (non-hydrogen) atoms. The van der Waals surface area contributed by atoms with Crippen molar-refractivity contribution in [3.05, 3.63) is 28.2 Å². The molecule has 1 amide bonds. The number of carbonyl (C=O) groups is 1. The minimum atomic E-state index is -4.58. The van der Waals surface area contributed by atoms with E-state index in [1.807, 2.05) is 18.7 Å². The third kappa shape index (κ3) is 5.79. The highest BCUT2D eigenvalue weighted by Gasteiger charge is 2.33. The smallest absolute Gasteiger partial charge is 0.372 e. The summed E-state index contributed by atoms with van der Waals surface area (Å²) in [6, 6.07) is 1.62. The van der Waals surface area contributed by atoms with Crippen molar-refractivity contribution >= 4 is 5.91 Å². The zero-order chi connectivity index (χ0) is 21.2. The Morgan fingerprint density at radius 3 is 2.38 bits per heavy atom. The van der Waals surface area contributed by atoms with E-state index in [2.05, 4.69) is 10.00 Å². The summed E-state index contributed by atoms with van der Waals surface area (Å²) in [6.07, 6.45) is -3.13. The number of aromatic nitrogens is 2. The summed E-state index contributed by atoms with van der Waals surface area (Å²) >= 11 is 0. The molecule has 10 heteroatoms. The van der Waals surface area contributed by atoms with Crippen LogP contribution in [0.2, 0.25) is 0 Å². The largest absolute Gasteiger partial charge is 0.435 e. The van der Waals surface area contributed by atoms with Crippen LogP contribution in [0.1, 0.15) is 32.4 Å². The van der Waals surface area contributed by atoms with Crippen molar-refractivity contribution in [1.82, 2.24) is 19.6 Å². The van der Waals surface area contributed by atoms with Gasteiger partial charge in [-0.05, 0) is 51.8 Å². The molecule has 3 heterocycles. The predicted molar refractivity (Wildman–Crippen MR) is 99.3 cm³/mol. The van der Waals surface area contributed by atoms with E-state index in [9.17, 15) is 22.8 Å². The van der Waals surface area contributed by atoms with Crippen molar-refractivity contribution < 1.29 is 22.7 Å². The lowest BCUT2D eigenvalue weighted by atomic mass is 9.97. The topological polar surface area (TPSA) is 67.7 Å². The molecule has 0 radical (unpaired) electrons. The summed E-state index contributed by atoms with van der Waals surface area (Å²) in [5.74, 6) is 0.125. The van der Waals surface area contributed by atoms with Gasteiger partial charge >= 0.3 is 6.18 Å². The van der Waals surface area contributed by atoms with Gasteiger partial charge in [-0.3, -0.25) is 14.5 Å². The van der Waals surface area contributed by atoms with Crippen molar-refractivity contribution in [2.75, 3.05) is 32.7 Å². The molecule has 2 fully saturated rings. The Bertz CT molecular complexity index is 765. The molecule has 2 saturated heterocycles. The Hall–Kier alpha value is -1.94. The van der Waals surface area contributed by atoms with Crippen molar-refractivity contribution in [2.24, 2.45) is 5.92 Å². The van der Waals surface area contributed by atoms with E-state index in [-0.39, 0.29) is 30.6 Å². The van der Waals surface area contributed by atoms with Crippen LogP contribution in [0.3, 0.4) is 0 Å². The maximum Gasteiger partial charge on any atom is 0.435 e. The predicted octanol–water partition coefficient (Wildman–Crippen LogP) is 1.61. The van der Waals surface area contributed by atoms with E-state index in [1.54, 1.807) is 0 Å². The van der Waals surface area contributed by atoms with Gasteiger partial charge in [0.05, 0.1) is 18.8 Å². The number of rotatable bonds is 4. The molecule has 0 N–H and O–H groups in total. The molecule has 3 rings (SSSR count). The van der Waals surface area contributed by atoms with E-state index in [0.29, 0.717) is 51.6 Å². The van der Waals surface area contributed by atoms with E-state index in [0.717, 1.165) is 10.7 Å². The zero-order valence-electron chi connectivity index (χ0n) is 16.7. The molecule has 1 aromatic heterocycles. The average molecular weight is 416 g/mol. The van der Waals surface area contributed by atoms with Crippen LogP contribution < -0.4 is 5.56 Å². The highest BCUT2D eigenvalue weighted by molar-refractivity contribution is 5.78. The second kappa shape index (κ2) is 8.83. The van der Waals surface area contributed by atoms with Gasteiger partial charge in [0, 0.05) is 25.7 Å². The maximum atomic E-state index is 12.8. The first-order valence-corrected chi connectivity index (χ1v) is 9.92. The van der Waals surface area contributed by atoms with Crippen LogP contribution in [0.25, 0.3) is 0 Å². The summed E-state index contributed by atoms with van der Waals surface area (Å²) in [4.78, 5) is 28.3. The van der Waals surface area contributed by atoms with Gasteiger partial charge in [-0.1, -0.05) is 0 Å². The number of hydrogen-bond acceptors (Lipinski definition) is 5. The lowest BCUT2D eigenvalue weighted by Gasteiger charge is -2.37. The molecule has 0 saturated carbocycles. The second-order valence-electron chi connectivity index (χ2n) is 8.01. The molecule has 7 nitrogen and oxygen atoms in total. The van der Waals surface area contributed by atoms with E-state index in [4.69, 9.17) is 4.74 Å².